The smallest absolute Gasteiger partial charge is 0.331 e. The molecule has 92 valence electrons. The van der Waals surface area contributed by atoms with Crippen molar-refractivity contribution in [3.63, 3.8) is 0 Å². The van der Waals surface area contributed by atoms with Crippen LogP contribution in [0.2, 0.25) is 0 Å². The van der Waals surface area contributed by atoms with Gasteiger partial charge in [0.05, 0.1) is 0 Å². The number of esters is 1. The minimum absolute atomic E-state index is 0.210. The van der Waals surface area contributed by atoms with Gasteiger partial charge in [0.25, 0.3) is 0 Å². The van der Waals surface area contributed by atoms with Crippen LogP contribution in [0.15, 0.2) is 12.7 Å². The van der Waals surface area contributed by atoms with E-state index < -0.39 is 5.54 Å². The number of hydrogen-bond acceptors (Lipinski definition) is 3. The van der Waals surface area contributed by atoms with Crippen LogP contribution in [0.5, 0.6) is 0 Å². The number of nitrogens with one attached hydrogen (secondary N) is 1. The van der Waals surface area contributed by atoms with Crippen molar-refractivity contribution in [1.82, 2.24) is 5.32 Å². The van der Waals surface area contributed by atoms with Crippen LogP contribution in [0.3, 0.4) is 0 Å². The van der Waals surface area contributed by atoms with Crippen LogP contribution in [-0.2, 0) is 9.53 Å². The Balaban J connectivity index is 4.54. The van der Waals surface area contributed by atoms with E-state index in [1.165, 1.54) is 6.08 Å². The van der Waals surface area contributed by atoms with Gasteiger partial charge in [-0.25, -0.2) is 4.79 Å². The second-order valence-corrected chi connectivity index (χ2v) is 4.91. The SMILES string of the molecule is C=CCOC(=O)C(C)(CCCC)NC(=S)S. The quantitative estimate of drug-likeness (QED) is 0.319. The van der Waals surface area contributed by atoms with Gasteiger partial charge in [0.1, 0.15) is 16.5 Å². The number of carbonyl (C=O) groups is 1. The van der Waals surface area contributed by atoms with Crippen LogP contribution < -0.4 is 5.32 Å². The van der Waals surface area contributed by atoms with Gasteiger partial charge in [-0.1, -0.05) is 44.6 Å². The van der Waals surface area contributed by atoms with Gasteiger partial charge in [0, 0.05) is 0 Å². The summed E-state index contributed by atoms with van der Waals surface area (Å²) >= 11 is 8.84. The van der Waals surface area contributed by atoms with Crippen LogP contribution in [-0.4, -0.2) is 22.4 Å². The molecule has 5 heteroatoms. The van der Waals surface area contributed by atoms with E-state index in [4.69, 9.17) is 17.0 Å². The van der Waals surface area contributed by atoms with Crippen molar-refractivity contribution in [3.8, 4) is 0 Å². The molecule has 0 radical (unpaired) electrons. The van der Waals surface area contributed by atoms with Crippen LogP contribution >= 0.6 is 24.8 Å². The Kier molecular flexibility index (Phi) is 7.42. The predicted molar refractivity (Wildman–Crippen MR) is 73.8 cm³/mol. The van der Waals surface area contributed by atoms with Gasteiger partial charge in [-0.2, -0.15) is 0 Å². The first-order chi connectivity index (χ1) is 7.46. The van der Waals surface area contributed by atoms with E-state index in [-0.39, 0.29) is 12.6 Å². The molecule has 16 heavy (non-hydrogen) atoms. The number of carbonyl (C=O) groups excluding carboxylic acids is 1. The lowest BCUT2D eigenvalue weighted by Crippen LogP contribution is -2.51. The topological polar surface area (TPSA) is 38.3 Å². The molecular formula is C11H19NO2S2. The van der Waals surface area contributed by atoms with Crippen molar-refractivity contribution in [2.24, 2.45) is 0 Å². The lowest BCUT2D eigenvalue weighted by Gasteiger charge is -2.28. The van der Waals surface area contributed by atoms with Gasteiger partial charge in [0.2, 0.25) is 0 Å². The molecule has 0 rings (SSSR count). The van der Waals surface area contributed by atoms with Gasteiger partial charge >= 0.3 is 5.97 Å². The van der Waals surface area contributed by atoms with E-state index in [9.17, 15) is 4.79 Å². The fraction of sp³-hybridized carbons (Fsp3) is 0.636. The second-order valence-electron chi connectivity index (χ2n) is 3.75. The van der Waals surface area contributed by atoms with Crippen molar-refractivity contribution in [2.45, 2.75) is 38.6 Å². The Morgan fingerprint density at radius 3 is 2.75 bits per heavy atom. The molecule has 0 heterocycles. The van der Waals surface area contributed by atoms with E-state index in [0.29, 0.717) is 10.7 Å². The third kappa shape index (κ3) is 5.51. The summed E-state index contributed by atoms with van der Waals surface area (Å²) < 4.78 is 5.34. The van der Waals surface area contributed by atoms with E-state index >= 15 is 0 Å². The number of unbranched alkanes of at least 4 members (excludes halogenated alkanes) is 1. The zero-order valence-electron chi connectivity index (χ0n) is 9.78. The Morgan fingerprint density at radius 1 is 1.69 bits per heavy atom. The summed E-state index contributed by atoms with van der Waals surface area (Å²) in [5.74, 6) is -0.322. The highest BCUT2D eigenvalue weighted by atomic mass is 32.1. The van der Waals surface area contributed by atoms with Gasteiger partial charge in [0.15, 0.2) is 0 Å². The highest BCUT2D eigenvalue weighted by Gasteiger charge is 2.34. The second kappa shape index (κ2) is 7.68. The lowest BCUT2D eigenvalue weighted by molar-refractivity contribution is -0.149. The molecule has 0 amide bonds. The third-order valence-electron chi connectivity index (χ3n) is 2.20. The summed E-state index contributed by atoms with van der Waals surface area (Å²) in [6, 6.07) is 0. The number of hydrogen-bond donors (Lipinski definition) is 2. The molecule has 0 aliphatic rings. The molecule has 1 atom stereocenters. The molecular weight excluding hydrogens is 242 g/mol. The number of rotatable bonds is 7. The van der Waals surface area contributed by atoms with E-state index in [1.807, 2.05) is 0 Å². The Hall–Kier alpha value is -0.550. The van der Waals surface area contributed by atoms with Crippen molar-refractivity contribution >= 4 is 35.1 Å². The normalized spacial score (nSPS) is 13.7. The van der Waals surface area contributed by atoms with Crippen LogP contribution in [0.1, 0.15) is 33.1 Å². The third-order valence-corrected chi connectivity index (χ3v) is 2.41. The van der Waals surface area contributed by atoms with Gasteiger partial charge in [-0.15, -0.1) is 12.6 Å². The highest BCUT2D eigenvalue weighted by Crippen LogP contribution is 2.16. The number of thiol groups is 1. The molecule has 0 saturated carbocycles. The van der Waals surface area contributed by atoms with Crippen LogP contribution in [0.25, 0.3) is 0 Å². The number of ether oxygens (including phenoxy) is 1. The maximum Gasteiger partial charge on any atom is 0.331 e. The fourth-order valence-corrected chi connectivity index (χ4v) is 1.75. The first kappa shape index (κ1) is 15.4. The van der Waals surface area contributed by atoms with Crippen molar-refractivity contribution in [3.05, 3.63) is 12.7 Å². The Morgan fingerprint density at radius 2 is 2.31 bits per heavy atom. The monoisotopic (exact) mass is 261 g/mol. The Bertz CT molecular complexity index is 269. The summed E-state index contributed by atoms with van der Waals surface area (Å²) in [7, 11) is 0. The molecule has 1 unspecified atom stereocenters. The highest BCUT2D eigenvalue weighted by molar-refractivity contribution is 8.11. The molecule has 1 N–H and O–H groups in total. The molecule has 0 aromatic carbocycles. The molecule has 0 spiro atoms. The maximum atomic E-state index is 11.8. The maximum absolute atomic E-state index is 11.8. The molecule has 0 aromatic rings. The van der Waals surface area contributed by atoms with Crippen LogP contribution in [0.4, 0.5) is 0 Å². The summed E-state index contributed by atoms with van der Waals surface area (Å²) in [6.07, 6.45) is 4.13. The fourth-order valence-electron chi connectivity index (χ4n) is 1.28. The molecule has 0 aliphatic heterocycles. The van der Waals surface area contributed by atoms with Gasteiger partial charge < -0.3 is 10.1 Å². The molecule has 0 aromatic heterocycles. The van der Waals surface area contributed by atoms with Crippen molar-refractivity contribution in [2.75, 3.05) is 6.61 Å². The minimum Gasteiger partial charge on any atom is -0.460 e. The minimum atomic E-state index is -0.794. The van der Waals surface area contributed by atoms with Crippen LogP contribution in [0, 0.1) is 0 Å². The number of thiocarbonyl (C=S) groups is 1. The molecule has 3 nitrogen and oxygen atoms in total. The molecule has 0 bridgehead atoms. The molecule has 0 saturated heterocycles. The van der Waals surface area contributed by atoms with Crippen molar-refractivity contribution < 1.29 is 9.53 Å². The average Bonchev–Trinajstić information content (AvgIpc) is 2.22. The molecule has 0 aliphatic carbocycles. The summed E-state index contributed by atoms with van der Waals surface area (Å²) in [5.41, 5.74) is -0.794. The average molecular weight is 261 g/mol. The zero-order valence-corrected chi connectivity index (χ0v) is 11.5. The lowest BCUT2D eigenvalue weighted by atomic mass is 9.95. The summed E-state index contributed by atoms with van der Waals surface area (Å²) in [4.78, 5) is 11.8. The standard InChI is InChI=1S/C11H19NO2S2/c1-4-6-7-11(3,12-10(15)16)9(13)14-8-5-2/h5H,2,4,6-8H2,1,3H3,(H2,12,15,16). The first-order valence-corrected chi connectivity index (χ1v) is 6.11. The van der Waals surface area contributed by atoms with Gasteiger partial charge in [-0.3, -0.25) is 0 Å². The summed E-state index contributed by atoms with van der Waals surface area (Å²) in [5, 5.41) is 2.89. The van der Waals surface area contributed by atoms with E-state index in [1.54, 1.807) is 6.92 Å². The van der Waals surface area contributed by atoms with Crippen molar-refractivity contribution in [1.29, 1.82) is 0 Å². The largest absolute Gasteiger partial charge is 0.460 e. The first-order valence-electron chi connectivity index (χ1n) is 5.25. The summed E-state index contributed by atoms with van der Waals surface area (Å²) in [6.45, 7) is 7.55. The van der Waals surface area contributed by atoms with Gasteiger partial charge in [-0.05, 0) is 13.3 Å². The van der Waals surface area contributed by atoms with E-state index in [2.05, 4.69) is 31.4 Å². The zero-order chi connectivity index (χ0) is 12.6. The Labute approximate surface area is 108 Å². The molecule has 0 fully saturated rings. The van der Waals surface area contributed by atoms with E-state index in [0.717, 1.165) is 12.8 Å². The predicted octanol–water partition coefficient (Wildman–Crippen LogP) is 2.47.